The van der Waals surface area contributed by atoms with Crippen LogP contribution in [0.15, 0.2) is 34.1 Å². The van der Waals surface area contributed by atoms with Crippen molar-refractivity contribution >= 4 is 11.4 Å². The van der Waals surface area contributed by atoms with Gasteiger partial charge in [-0.1, -0.05) is 0 Å². The first-order valence-corrected chi connectivity index (χ1v) is 7.03. The third-order valence-electron chi connectivity index (χ3n) is 2.96. The van der Waals surface area contributed by atoms with Crippen LogP contribution in [0.5, 0.6) is 0 Å². The molecule has 0 saturated carbocycles. The highest BCUT2D eigenvalue weighted by Crippen LogP contribution is 2.06. The van der Waals surface area contributed by atoms with Crippen LogP contribution >= 0.6 is 0 Å². The summed E-state index contributed by atoms with van der Waals surface area (Å²) < 4.78 is 50.5. The maximum absolute atomic E-state index is 12.7. The van der Waals surface area contributed by atoms with Crippen LogP contribution < -0.4 is 16.9 Å². The van der Waals surface area contributed by atoms with E-state index in [0.29, 0.717) is 10.6 Å². The number of hydrogen-bond donors (Lipinski definition) is 1. The van der Waals surface area contributed by atoms with Crippen molar-refractivity contribution in [2.45, 2.75) is 13.1 Å². The SMILES string of the molecule is Nc1cc(F)cn(CCF)c1=O.O=c1c([N+](=O)[O-])cc(F)cn1CCF. The molecule has 0 atom stereocenters. The average molecular weight is 378 g/mol. The van der Waals surface area contributed by atoms with Crippen molar-refractivity contribution in [3.63, 3.8) is 0 Å². The Morgan fingerprint density at radius 1 is 0.962 bits per heavy atom. The molecule has 2 N–H and O–H groups in total. The molecular formula is C14H14F4N4O4. The van der Waals surface area contributed by atoms with Gasteiger partial charge in [0.05, 0.1) is 24.1 Å². The maximum Gasteiger partial charge on any atom is 0.337 e. The number of halogens is 4. The predicted octanol–water partition coefficient (Wildman–Crippen LogP) is 1.40. The molecule has 0 spiro atoms. The molecular weight excluding hydrogens is 364 g/mol. The Labute approximate surface area is 143 Å². The number of alkyl halides is 2. The molecule has 2 aromatic rings. The lowest BCUT2D eigenvalue weighted by Gasteiger charge is -2.02. The molecule has 0 aliphatic rings. The van der Waals surface area contributed by atoms with E-state index in [1.165, 1.54) is 0 Å². The molecule has 0 bridgehead atoms. The molecule has 26 heavy (non-hydrogen) atoms. The van der Waals surface area contributed by atoms with Crippen molar-refractivity contribution in [2.75, 3.05) is 19.1 Å². The van der Waals surface area contributed by atoms with Gasteiger partial charge < -0.3 is 14.9 Å². The molecule has 0 fully saturated rings. The van der Waals surface area contributed by atoms with Crippen LogP contribution in [0.3, 0.4) is 0 Å². The van der Waals surface area contributed by atoms with Crippen molar-refractivity contribution in [3.05, 3.63) is 67.0 Å². The van der Waals surface area contributed by atoms with Crippen LogP contribution in [0.1, 0.15) is 0 Å². The average Bonchev–Trinajstić information content (AvgIpc) is 2.56. The third kappa shape index (κ3) is 5.43. The Balaban J connectivity index is 0.000000263. The molecule has 0 aliphatic heterocycles. The van der Waals surface area contributed by atoms with E-state index in [-0.39, 0.29) is 12.2 Å². The lowest BCUT2D eigenvalue weighted by atomic mass is 10.4. The monoisotopic (exact) mass is 378 g/mol. The summed E-state index contributed by atoms with van der Waals surface area (Å²) in [7, 11) is 0. The Hall–Kier alpha value is -3.18. The van der Waals surface area contributed by atoms with Crippen LogP contribution in [0.25, 0.3) is 0 Å². The Kier molecular flexibility index (Phi) is 7.50. The van der Waals surface area contributed by atoms with E-state index < -0.39 is 53.3 Å². The van der Waals surface area contributed by atoms with E-state index in [1.54, 1.807) is 0 Å². The van der Waals surface area contributed by atoms with E-state index in [0.717, 1.165) is 23.0 Å². The summed E-state index contributed by atoms with van der Waals surface area (Å²) in [5.74, 6) is -1.58. The van der Waals surface area contributed by atoms with Gasteiger partial charge in [-0.3, -0.25) is 19.7 Å². The first-order valence-electron chi connectivity index (χ1n) is 7.03. The molecule has 0 aromatic carbocycles. The highest BCUT2D eigenvalue weighted by Gasteiger charge is 2.16. The Morgan fingerprint density at radius 3 is 1.88 bits per heavy atom. The van der Waals surface area contributed by atoms with E-state index in [1.807, 2.05) is 0 Å². The van der Waals surface area contributed by atoms with Crippen molar-refractivity contribution in [2.24, 2.45) is 0 Å². The zero-order valence-corrected chi connectivity index (χ0v) is 13.2. The van der Waals surface area contributed by atoms with E-state index in [9.17, 15) is 37.3 Å². The summed E-state index contributed by atoms with van der Waals surface area (Å²) in [6.45, 7) is -2.17. The quantitative estimate of drug-likeness (QED) is 0.480. The number of anilines is 1. The third-order valence-corrected chi connectivity index (χ3v) is 2.96. The zero-order valence-electron chi connectivity index (χ0n) is 13.2. The van der Waals surface area contributed by atoms with Crippen LogP contribution in [-0.4, -0.2) is 27.4 Å². The van der Waals surface area contributed by atoms with Crippen molar-refractivity contribution < 1.29 is 22.5 Å². The summed E-state index contributed by atoms with van der Waals surface area (Å²) in [5.41, 5.74) is 2.49. The zero-order chi connectivity index (χ0) is 19.9. The van der Waals surface area contributed by atoms with Gasteiger partial charge in [-0.05, 0) is 0 Å². The minimum absolute atomic E-state index is 0.166. The number of nitro groups is 1. The molecule has 12 heteroatoms. The second kappa shape index (κ2) is 9.34. The summed E-state index contributed by atoms with van der Waals surface area (Å²) in [5, 5.41) is 10.3. The second-order valence-electron chi connectivity index (χ2n) is 4.79. The number of nitrogens with two attached hydrogens (primary N) is 1. The van der Waals surface area contributed by atoms with Gasteiger partial charge in [-0.2, -0.15) is 0 Å². The number of rotatable bonds is 5. The fourth-order valence-electron chi connectivity index (χ4n) is 1.85. The molecule has 0 amide bonds. The van der Waals surface area contributed by atoms with Gasteiger partial charge in [0.1, 0.15) is 30.7 Å². The first kappa shape index (κ1) is 20.9. The molecule has 0 saturated heterocycles. The fraction of sp³-hybridized carbons (Fsp3) is 0.286. The molecule has 8 nitrogen and oxygen atoms in total. The lowest BCUT2D eigenvalue weighted by molar-refractivity contribution is -0.386. The van der Waals surface area contributed by atoms with Gasteiger partial charge in [-0.25, -0.2) is 17.6 Å². The normalized spacial score (nSPS) is 10.2. The highest BCUT2D eigenvalue weighted by molar-refractivity contribution is 5.34. The fourth-order valence-corrected chi connectivity index (χ4v) is 1.85. The van der Waals surface area contributed by atoms with Gasteiger partial charge >= 0.3 is 11.2 Å². The number of pyridine rings is 2. The van der Waals surface area contributed by atoms with E-state index in [4.69, 9.17) is 5.73 Å². The Morgan fingerprint density at radius 2 is 1.42 bits per heavy atom. The number of hydrogen-bond acceptors (Lipinski definition) is 5. The van der Waals surface area contributed by atoms with Gasteiger partial charge in [0, 0.05) is 18.5 Å². The maximum atomic E-state index is 12.7. The number of aromatic nitrogens is 2. The van der Waals surface area contributed by atoms with Crippen LogP contribution in [0.4, 0.5) is 28.9 Å². The first-order chi connectivity index (χ1) is 12.2. The van der Waals surface area contributed by atoms with Crippen molar-refractivity contribution in [3.8, 4) is 0 Å². The van der Waals surface area contributed by atoms with Gasteiger partial charge in [-0.15, -0.1) is 0 Å². The molecule has 0 aliphatic carbocycles. The van der Waals surface area contributed by atoms with E-state index >= 15 is 0 Å². The van der Waals surface area contributed by atoms with Crippen LogP contribution in [0.2, 0.25) is 0 Å². The highest BCUT2D eigenvalue weighted by atomic mass is 19.1. The molecule has 2 aromatic heterocycles. The van der Waals surface area contributed by atoms with Gasteiger partial charge in [0.2, 0.25) is 0 Å². The van der Waals surface area contributed by atoms with Crippen LogP contribution in [-0.2, 0) is 13.1 Å². The van der Waals surface area contributed by atoms with Gasteiger partial charge in [0.15, 0.2) is 0 Å². The van der Waals surface area contributed by atoms with Gasteiger partial charge in [0.25, 0.3) is 5.56 Å². The smallest absolute Gasteiger partial charge is 0.337 e. The van der Waals surface area contributed by atoms with E-state index in [2.05, 4.69) is 0 Å². The van der Waals surface area contributed by atoms with Crippen molar-refractivity contribution in [1.82, 2.24) is 9.13 Å². The minimum atomic E-state index is -1.01. The molecule has 0 unspecified atom stereocenters. The largest absolute Gasteiger partial charge is 0.394 e. The second-order valence-corrected chi connectivity index (χ2v) is 4.79. The molecule has 142 valence electrons. The number of nitrogen functional groups attached to an aromatic ring is 1. The van der Waals surface area contributed by atoms with Crippen molar-refractivity contribution in [1.29, 1.82) is 0 Å². The summed E-state index contributed by atoms with van der Waals surface area (Å²) in [6.07, 6.45) is 1.66. The Bertz CT molecular complexity index is 897. The minimum Gasteiger partial charge on any atom is -0.394 e. The molecule has 2 heterocycles. The number of aryl methyl sites for hydroxylation is 2. The summed E-state index contributed by atoms with van der Waals surface area (Å²) in [4.78, 5) is 31.4. The predicted molar refractivity (Wildman–Crippen MR) is 84.3 cm³/mol. The lowest BCUT2D eigenvalue weighted by Crippen LogP contribution is -2.23. The number of nitrogens with zero attached hydrogens (tertiary/aromatic N) is 3. The standard InChI is InChI=1S/C7H6F2N2O3.C7H8F2N2O/c8-1-2-10-4-5(9)3-6(7(10)12)11(13)14;8-1-2-11-4-5(9)3-6(10)7(11)12/h3-4H,1-2H2;3-4H,1-2,10H2. The summed E-state index contributed by atoms with van der Waals surface area (Å²) in [6, 6.07) is 1.42. The molecule has 0 radical (unpaired) electrons. The summed E-state index contributed by atoms with van der Waals surface area (Å²) >= 11 is 0. The van der Waals surface area contributed by atoms with Crippen LogP contribution in [0, 0.1) is 21.7 Å². The topological polar surface area (TPSA) is 113 Å². The molecule has 2 rings (SSSR count).